The van der Waals surface area contributed by atoms with Crippen molar-refractivity contribution in [3.05, 3.63) is 218 Å². The van der Waals surface area contributed by atoms with Crippen LogP contribution in [0.25, 0.3) is 122 Å². The van der Waals surface area contributed by atoms with E-state index in [-0.39, 0.29) is 0 Å². The van der Waals surface area contributed by atoms with Crippen molar-refractivity contribution in [1.82, 2.24) is 9.97 Å². The van der Waals surface area contributed by atoms with E-state index in [2.05, 4.69) is 170 Å². The summed E-state index contributed by atoms with van der Waals surface area (Å²) in [5, 5.41) is 4.43. The molecule has 0 aliphatic heterocycles. The Labute approximate surface area is 358 Å². The highest BCUT2D eigenvalue weighted by molar-refractivity contribution is 6.07. The summed E-state index contributed by atoms with van der Waals surface area (Å²) >= 11 is 0. The quantitative estimate of drug-likeness (QED) is 0.161. The number of rotatable bonds is 7. The van der Waals surface area contributed by atoms with Crippen LogP contribution in [-0.4, -0.2) is 9.97 Å². The first-order valence-electron chi connectivity index (χ1n) is 20.9. The Balaban J connectivity index is 1.00. The molecular formula is C58H36N2O2. The van der Waals surface area contributed by atoms with Gasteiger partial charge in [0.1, 0.15) is 22.3 Å². The predicted octanol–water partition coefficient (Wildman–Crippen LogP) is 15.9. The molecular weight excluding hydrogens is 757 g/mol. The van der Waals surface area contributed by atoms with Crippen LogP contribution in [0.4, 0.5) is 0 Å². The van der Waals surface area contributed by atoms with Gasteiger partial charge in [0, 0.05) is 38.2 Å². The van der Waals surface area contributed by atoms with Crippen LogP contribution in [0.2, 0.25) is 0 Å². The van der Waals surface area contributed by atoms with E-state index >= 15 is 0 Å². The average Bonchev–Trinajstić information content (AvgIpc) is 3.92. The second kappa shape index (κ2) is 14.7. The van der Waals surface area contributed by atoms with E-state index < -0.39 is 0 Å². The molecule has 0 saturated carbocycles. The Morgan fingerprint density at radius 3 is 1.18 bits per heavy atom. The summed E-state index contributed by atoms with van der Waals surface area (Å²) in [4.78, 5) is 10.4. The molecule has 12 rings (SSSR count). The minimum Gasteiger partial charge on any atom is -0.456 e. The molecule has 3 aromatic heterocycles. The maximum atomic E-state index is 6.24. The van der Waals surface area contributed by atoms with E-state index in [1.54, 1.807) is 0 Å². The van der Waals surface area contributed by atoms with Gasteiger partial charge in [-0.15, -0.1) is 0 Å². The molecule has 0 atom stereocenters. The summed E-state index contributed by atoms with van der Waals surface area (Å²) in [5.41, 5.74) is 17.2. The zero-order valence-electron chi connectivity index (χ0n) is 33.5. The first-order valence-corrected chi connectivity index (χ1v) is 20.9. The van der Waals surface area contributed by atoms with Gasteiger partial charge in [0.05, 0.1) is 11.4 Å². The molecule has 0 amide bonds. The third kappa shape index (κ3) is 6.42. The van der Waals surface area contributed by atoms with Crippen LogP contribution in [0.1, 0.15) is 0 Å². The van der Waals surface area contributed by atoms with Crippen molar-refractivity contribution < 1.29 is 8.83 Å². The number of furan rings is 2. The van der Waals surface area contributed by atoms with Gasteiger partial charge < -0.3 is 8.83 Å². The maximum Gasteiger partial charge on any atom is 0.160 e. The van der Waals surface area contributed by atoms with Gasteiger partial charge in [0.15, 0.2) is 5.82 Å². The van der Waals surface area contributed by atoms with E-state index in [0.717, 1.165) is 111 Å². The van der Waals surface area contributed by atoms with Crippen molar-refractivity contribution in [1.29, 1.82) is 0 Å². The van der Waals surface area contributed by atoms with Gasteiger partial charge in [-0.25, -0.2) is 9.97 Å². The lowest BCUT2D eigenvalue weighted by atomic mass is 9.93. The van der Waals surface area contributed by atoms with Crippen LogP contribution < -0.4 is 0 Å². The fourth-order valence-corrected chi connectivity index (χ4v) is 8.70. The van der Waals surface area contributed by atoms with Gasteiger partial charge >= 0.3 is 0 Å². The number of hydrogen-bond donors (Lipinski definition) is 0. The predicted molar refractivity (Wildman–Crippen MR) is 255 cm³/mol. The molecule has 0 N–H and O–H groups in total. The molecule has 62 heavy (non-hydrogen) atoms. The first-order chi connectivity index (χ1) is 30.7. The minimum absolute atomic E-state index is 0.676. The molecule has 0 aliphatic rings. The van der Waals surface area contributed by atoms with Crippen LogP contribution in [0.15, 0.2) is 227 Å². The monoisotopic (exact) mass is 792 g/mol. The summed E-state index contributed by atoms with van der Waals surface area (Å²) in [6, 6.07) is 76.5. The number of fused-ring (bicyclic) bond motifs is 6. The molecule has 9 aromatic carbocycles. The molecule has 0 unspecified atom stereocenters. The molecule has 12 aromatic rings. The smallest absolute Gasteiger partial charge is 0.160 e. The number of aromatic nitrogens is 2. The maximum absolute atomic E-state index is 6.24. The van der Waals surface area contributed by atoms with Crippen molar-refractivity contribution in [2.75, 3.05) is 0 Å². The highest BCUT2D eigenvalue weighted by atomic mass is 16.3. The summed E-state index contributed by atoms with van der Waals surface area (Å²) in [6.45, 7) is 0. The van der Waals surface area contributed by atoms with Gasteiger partial charge in [0.25, 0.3) is 0 Å². The average molecular weight is 793 g/mol. The number of benzene rings is 9. The molecule has 290 valence electrons. The highest BCUT2D eigenvalue weighted by Crippen LogP contribution is 2.39. The van der Waals surface area contributed by atoms with Gasteiger partial charge in [0.2, 0.25) is 0 Å². The first kappa shape index (κ1) is 35.6. The number of para-hydroxylation sites is 2. The second-order valence-corrected chi connectivity index (χ2v) is 15.8. The second-order valence-electron chi connectivity index (χ2n) is 15.8. The highest BCUT2D eigenvalue weighted by Gasteiger charge is 2.16. The molecule has 0 bridgehead atoms. The summed E-state index contributed by atoms with van der Waals surface area (Å²) in [7, 11) is 0. The van der Waals surface area contributed by atoms with Crippen molar-refractivity contribution in [2.24, 2.45) is 0 Å². The Bertz CT molecular complexity index is 3600. The van der Waals surface area contributed by atoms with Gasteiger partial charge in [-0.1, -0.05) is 158 Å². The fourth-order valence-electron chi connectivity index (χ4n) is 8.70. The van der Waals surface area contributed by atoms with Crippen molar-refractivity contribution in [3.63, 3.8) is 0 Å². The Kier molecular flexibility index (Phi) is 8.46. The molecule has 0 radical (unpaired) electrons. The SMILES string of the molecule is c1ccc(-c2ccc(-c3cc(-c4cc(-c5ccc(-c6ccc7oc8ccccc8c7c6)cc5)cc(-c5ccc6oc7ccccc7c6c5)c4)nc(-c4ccccc4)n3)cc2)cc1. The van der Waals surface area contributed by atoms with Crippen LogP contribution in [0, 0.1) is 0 Å². The zero-order valence-corrected chi connectivity index (χ0v) is 33.5. The molecule has 3 heterocycles. The fraction of sp³-hybridized carbons (Fsp3) is 0. The van der Waals surface area contributed by atoms with E-state index in [1.807, 2.05) is 48.5 Å². The third-order valence-corrected chi connectivity index (χ3v) is 11.9. The van der Waals surface area contributed by atoms with E-state index in [1.165, 1.54) is 5.56 Å². The van der Waals surface area contributed by atoms with Crippen molar-refractivity contribution in [3.8, 4) is 78.4 Å². The lowest BCUT2D eigenvalue weighted by Crippen LogP contribution is -1.96. The molecule has 0 fully saturated rings. The summed E-state index contributed by atoms with van der Waals surface area (Å²) in [5.74, 6) is 0.676. The Hall–Kier alpha value is -8.34. The Morgan fingerprint density at radius 2 is 0.597 bits per heavy atom. The van der Waals surface area contributed by atoms with Gasteiger partial charge in [-0.05, 0) is 105 Å². The number of nitrogens with zero attached hydrogens (tertiary/aromatic N) is 2. The van der Waals surface area contributed by atoms with E-state index in [4.69, 9.17) is 18.8 Å². The molecule has 0 aliphatic carbocycles. The van der Waals surface area contributed by atoms with Crippen molar-refractivity contribution in [2.45, 2.75) is 0 Å². The molecule has 0 saturated heterocycles. The Morgan fingerprint density at radius 1 is 0.226 bits per heavy atom. The topological polar surface area (TPSA) is 52.1 Å². The summed E-state index contributed by atoms with van der Waals surface area (Å²) < 4.78 is 12.4. The van der Waals surface area contributed by atoms with Gasteiger partial charge in [-0.2, -0.15) is 0 Å². The van der Waals surface area contributed by atoms with Crippen LogP contribution in [0.5, 0.6) is 0 Å². The largest absolute Gasteiger partial charge is 0.456 e. The van der Waals surface area contributed by atoms with E-state index in [0.29, 0.717) is 5.82 Å². The lowest BCUT2D eigenvalue weighted by molar-refractivity contribution is 0.668. The van der Waals surface area contributed by atoms with E-state index in [9.17, 15) is 0 Å². The lowest BCUT2D eigenvalue weighted by Gasteiger charge is -2.14. The third-order valence-electron chi connectivity index (χ3n) is 11.9. The van der Waals surface area contributed by atoms with Crippen LogP contribution in [0.3, 0.4) is 0 Å². The number of hydrogen-bond acceptors (Lipinski definition) is 4. The van der Waals surface area contributed by atoms with Crippen LogP contribution >= 0.6 is 0 Å². The molecule has 0 spiro atoms. The zero-order chi connectivity index (χ0) is 41.0. The van der Waals surface area contributed by atoms with Gasteiger partial charge in [-0.3, -0.25) is 0 Å². The van der Waals surface area contributed by atoms with Crippen molar-refractivity contribution >= 4 is 43.9 Å². The van der Waals surface area contributed by atoms with Crippen LogP contribution in [-0.2, 0) is 0 Å². The standard InChI is InChI=1S/C58H36N2O2/c1-3-11-37(12-4-1)38-23-25-41(26-24-38)52-36-53(60-58(59-52)42-13-5-2-6-14-42)47-32-45(31-46(33-47)44-28-30-57-51(35-44)49-16-8-10-18-55(49)62-57)40-21-19-39(20-22-40)43-27-29-56-50(34-43)48-15-7-9-17-54(48)61-56/h1-36H. The minimum atomic E-state index is 0.676. The molecule has 4 nitrogen and oxygen atoms in total. The summed E-state index contributed by atoms with van der Waals surface area (Å²) in [6.07, 6.45) is 0. The molecule has 4 heteroatoms. The normalized spacial score (nSPS) is 11.5.